The second-order valence-electron chi connectivity index (χ2n) is 6.74. The van der Waals surface area contributed by atoms with Gasteiger partial charge in [0.1, 0.15) is 11.6 Å². The number of hydrogen-bond donors (Lipinski definition) is 1. The molecule has 2 aliphatic rings. The molecular weight excluding hydrogens is 388 g/mol. The van der Waals surface area contributed by atoms with E-state index in [9.17, 15) is 33.1 Å². The standard InChI is InChI=1S/C20H9F2NO6/c21-11-5-9-13-18(12(11)22)29-19-14(23(13)6-10(15(9)24)20(27)28)16(25)7-3-1-2-4-8(7)17(19)26/h1-6,14,19H,(H,27,28). The molecule has 0 amide bonds. The fourth-order valence-electron chi connectivity index (χ4n) is 3.93. The predicted octanol–water partition coefficient (Wildman–Crippen LogP) is 2.36. The van der Waals surface area contributed by atoms with Gasteiger partial charge in [0.2, 0.25) is 17.0 Å². The number of carboxylic acid groups (broad SMARTS) is 1. The van der Waals surface area contributed by atoms with Crippen LogP contribution in [0.4, 0.5) is 8.78 Å². The van der Waals surface area contributed by atoms with E-state index in [0.29, 0.717) is 6.07 Å². The molecule has 9 heteroatoms. The Morgan fingerprint density at radius 2 is 1.72 bits per heavy atom. The molecule has 3 aromatic rings. The predicted molar refractivity (Wildman–Crippen MR) is 93.6 cm³/mol. The fraction of sp³-hybridized carbons (Fsp3) is 0.100. The topological polar surface area (TPSA) is 103 Å². The molecule has 144 valence electrons. The summed E-state index contributed by atoms with van der Waals surface area (Å²) in [4.78, 5) is 50.1. The Bertz CT molecular complexity index is 1360. The molecule has 2 atom stereocenters. The molecule has 1 aliphatic heterocycles. The van der Waals surface area contributed by atoms with E-state index in [2.05, 4.69) is 0 Å². The van der Waals surface area contributed by atoms with Gasteiger partial charge in [0.05, 0.1) is 10.9 Å². The second kappa shape index (κ2) is 5.57. The summed E-state index contributed by atoms with van der Waals surface area (Å²) in [6.07, 6.45) is -0.666. The normalized spacial score (nSPS) is 19.5. The van der Waals surface area contributed by atoms with Gasteiger partial charge in [-0.1, -0.05) is 24.3 Å². The minimum absolute atomic E-state index is 0.0646. The summed E-state index contributed by atoms with van der Waals surface area (Å²) < 4.78 is 35.0. The summed E-state index contributed by atoms with van der Waals surface area (Å²) in [5.74, 6) is -6.40. The van der Waals surface area contributed by atoms with Crippen LogP contribution >= 0.6 is 0 Å². The summed E-state index contributed by atoms with van der Waals surface area (Å²) in [7, 11) is 0. The highest BCUT2D eigenvalue weighted by Gasteiger charge is 2.48. The molecule has 7 nitrogen and oxygen atoms in total. The van der Waals surface area contributed by atoms with Crippen molar-refractivity contribution in [3.63, 3.8) is 0 Å². The Hall–Kier alpha value is -3.88. The van der Waals surface area contributed by atoms with Gasteiger partial charge in [-0.3, -0.25) is 14.4 Å². The van der Waals surface area contributed by atoms with Crippen molar-refractivity contribution in [3.8, 4) is 5.75 Å². The Labute approximate surface area is 159 Å². The minimum atomic E-state index is -1.61. The second-order valence-corrected chi connectivity index (χ2v) is 6.74. The fourth-order valence-corrected chi connectivity index (χ4v) is 3.93. The van der Waals surface area contributed by atoms with Crippen molar-refractivity contribution in [3.05, 3.63) is 75.1 Å². The van der Waals surface area contributed by atoms with E-state index < -0.39 is 63.4 Å². The third-order valence-electron chi connectivity index (χ3n) is 5.21. The Morgan fingerprint density at radius 3 is 2.38 bits per heavy atom. The third-order valence-corrected chi connectivity index (χ3v) is 5.21. The summed E-state index contributed by atoms with van der Waals surface area (Å²) in [6.45, 7) is 0. The van der Waals surface area contributed by atoms with Gasteiger partial charge in [0.15, 0.2) is 23.5 Å². The molecule has 1 N–H and O–H groups in total. The maximum absolute atomic E-state index is 14.5. The smallest absolute Gasteiger partial charge is 0.341 e. The summed E-state index contributed by atoms with van der Waals surface area (Å²) >= 11 is 0. The molecule has 29 heavy (non-hydrogen) atoms. The molecule has 0 radical (unpaired) electrons. The van der Waals surface area contributed by atoms with Gasteiger partial charge in [-0.05, 0) is 6.07 Å². The van der Waals surface area contributed by atoms with E-state index in [-0.39, 0.29) is 16.6 Å². The molecule has 2 unspecified atom stereocenters. The van der Waals surface area contributed by atoms with Crippen molar-refractivity contribution in [2.24, 2.45) is 0 Å². The lowest BCUT2D eigenvalue weighted by Gasteiger charge is -2.37. The highest BCUT2D eigenvalue weighted by Crippen LogP contribution is 2.42. The first-order valence-electron chi connectivity index (χ1n) is 8.45. The number of pyridine rings is 1. The largest absolute Gasteiger partial charge is 0.477 e. The number of rotatable bonds is 1. The number of ether oxygens (including phenoxy) is 1. The maximum Gasteiger partial charge on any atom is 0.341 e. The van der Waals surface area contributed by atoms with Crippen LogP contribution < -0.4 is 10.2 Å². The van der Waals surface area contributed by atoms with Crippen molar-refractivity contribution < 1.29 is 33.0 Å². The third kappa shape index (κ3) is 2.09. The molecule has 1 aromatic heterocycles. The molecule has 2 aromatic carbocycles. The Kier molecular flexibility index (Phi) is 3.31. The molecule has 0 saturated carbocycles. The van der Waals surface area contributed by atoms with Crippen molar-refractivity contribution in [2.45, 2.75) is 12.1 Å². The number of ketones is 2. The van der Waals surface area contributed by atoms with Crippen molar-refractivity contribution in [1.82, 2.24) is 4.57 Å². The van der Waals surface area contributed by atoms with Gasteiger partial charge in [-0.25, -0.2) is 9.18 Å². The number of Topliss-reactive ketones (excluding diaryl/α,β-unsaturated/α-hetero) is 2. The average Bonchev–Trinajstić information content (AvgIpc) is 2.71. The van der Waals surface area contributed by atoms with Crippen LogP contribution in [-0.4, -0.2) is 33.3 Å². The Balaban J connectivity index is 1.92. The number of halogens is 2. The zero-order valence-electron chi connectivity index (χ0n) is 14.3. The van der Waals surface area contributed by atoms with E-state index in [4.69, 9.17) is 4.74 Å². The first-order chi connectivity index (χ1) is 13.8. The zero-order valence-corrected chi connectivity index (χ0v) is 14.3. The summed E-state index contributed by atoms with van der Waals surface area (Å²) in [5, 5.41) is 8.90. The number of fused-ring (bicyclic) bond motifs is 3. The minimum Gasteiger partial charge on any atom is -0.477 e. The average molecular weight is 397 g/mol. The van der Waals surface area contributed by atoms with Crippen LogP contribution in [0.5, 0.6) is 5.75 Å². The molecule has 0 spiro atoms. The molecule has 0 fully saturated rings. The van der Waals surface area contributed by atoms with E-state index in [0.717, 1.165) is 10.8 Å². The number of carbonyl (C=O) groups is 3. The lowest BCUT2D eigenvalue weighted by molar-refractivity contribution is 0.0540. The van der Waals surface area contributed by atoms with Gasteiger partial charge in [-0.15, -0.1) is 0 Å². The van der Waals surface area contributed by atoms with Gasteiger partial charge >= 0.3 is 5.97 Å². The van der Waals surface area contributed by atoms with Crippen LogP contribution in [0, 0.1) is 11.6 Å². The quantitative estimate of drug-likeness (QED) is 0.676. The van der Waals surface area contributed by atoms with Gasteiger partial charge in [0.25, 0.3) is 0 Å². The number of aromatic nitrogens is 1. The number of benzene rings is 2. The lowest BCUT2D eigenvalue weighted by Crippen LogP contribution is -2.48. The summed E-state index contributed by atoms with van der Waals surface area (Å²) in [6, 6.07) is 5.14. The first-order valence-corrected chi connectivity index (χ1v) is 8.45. The number of aromatic carboxylic acids is 1. The van der Waals surface area contributed by atoms with Crippen LogP contribution in [0.2, 0.25) is 0 Å². The van der Waals surface area contributed by atoms with E-state index in [1.165, 1.54) is 12.1 Å². The zero-order chi connectivity index (χ0) is 20.6. The first kappa shape index (κ1) is 17.2. The molecular formula is C20H9F2NO6. The van der Waals surface area contributed by atoms with E-state index in [1.807, 2.05) is 0 Å². The van der Waals surface area contributed by atoms with Crippen LogP contribution in [0.15, 0.2) is 41.3 Å². The number of carbonyl (C=O) groups excluding carboxylic acids is 2. The van der Waals surface area contributed by atoms with Gasteiger partial charge in [-0.2, -0.15) is 4.39 Å². The van der Waals surface area contributed by atoms with Crippen LogP contribution in [0.3, 0.4) is 0 Å². The number of hydrogen-bond acceptors (Lipinski definition) is 5. The van der Waals surface area contributed by atoms with Crippen molar-refractivity contribution in [2.75, 3.05) is 0 Å². The van der Waals surface area contributed by atoms with Crippen LogP contribution in [0.25, 0.3) is 10.9 Å². The van der Waals surface area contributed by atoms with Crippen LogP contribution in [0.1, 0.15) is 37.1 Å². The van der Waals surface area contributed by atoms with E-state index >= 15 is 0 Å². The summed E-state index contributed by atoms with van der Waals surface area (Å²) in [5.41, 5.74) is -1.91. The highest BCUT2D eigenvalue weighted by molar-refractivity contribution is 6.18. The van der Waals surface area contributed by atoms with Gasteiger partial charge < -0.3 is 14.4 Å². The monoisotopic (exact) mass is 397 g/mol. The molecule has 0 bridgehead atoms. The molecule has 2 heterocycles. The van der Waals surface area contributed by atoms with E-state index in [1.54, 1.807) is 12.1 Å². The van der Waals surface area contributed by atoms with Crippen molar-refractivity contribution >= 4 is 28.4 Å². The van der Waals surface area contributed by atoms with Crippen molar-refractivity contribution in [1.29, 1.82) is 0 Å². The Morgan fingerprint density at radius 1 is 1.07 bits per heavy atom. The molecule has 0 saturated heterocycles. The highest BCUT2D eigenvalue weighted by atomic mass is 19.2. The SMILES string of the molecule is O=C(O)c1cn2c3c(c(F)c(F)cc3c1=O)OC1C(=O)c3ccccc3C(=O)C12. The number of carboxylic acids is 1. The lowest BCUT2D eigenvalue weighted by atomic mass is 9.82. The van der Waals surface area contributed by atoms with Gasteiger partial charge in [0, 0.05) is 17.3 Å². The molecule has 1 aliphatic carbocycles. The molecule has 5 rings (SSSR count). The van der Waals surface area contributed by atoms with Crippen LogP contribution in [-0.2, 0) is 0 Å². The number of nitrogens with zero attached hydrogens (tertiary/aromatic N) is 1. The maximum atomic E-state index is 14.5.